The second-order valence-electron chi connectivity index (χ2n) is 3.34. The van der Waals surface area contributed by atoms with Crippen LogP contribution in [0.2, 0.25) is 0 Å². The van der Waals surface area contributed by atoms with Crippen LogP contribution in [0.15, 0.2) is 29.2 Å². The summed E-state index contributed by atoms with van der Waals surface area (Å²) in [5, 5.41) is 3.33. The average Bonchev–Trinajstić information content (AvgIpc) is 2.30. The van der Waals surface area contributed by atoms with E-state index in [-0.39, 0.29) is 6.10 Å². The molecule has 1 saturated heterocycles. The van der Waals surface area contributed by atoms with Gasteiger partial charge in [0.1, 0.15) is 0 Å². The van der Waals surface area contributed by atoms with Crippen molar-refractivity contribution in [3.63, 3.8) is 0 Å². The Kier molecular flexibility index (Phi) is 3.45. The van der Waals surface area contributed by atoms with E-state index in [4.69, 9.17) is 4.74 Å². The van der Waals surface area contributed by atoms with Crippen molar-refractivity contribution in [2.24, 2.45) is 0 Å². The third-order valence-corrected chi connectivity index (χ3v) is 3.16. The predicted molar refractivity (Wildman–Crippen MR) is 59.8 cm³/mol. The largest absolute Gasteiger partial charge is 0.371 e. The van der Waals surface area contributed by atoms with Crippen LogP contribution in [0.25, 0.3) is 0 Å². The highest BCUT2D eigenvalue weighted by Crippen LogP contribution is 2.21. The maximum Gasteiger partial charge on any atom is 0.0949 e. The fourth-order valence-corrected chi connectivity index (χ4v) is 2.01. The second-order valence-corrected chi connectivity index (χ2v) is 4.22. The van der Waals surface area contributed by atoms with Crippen LogP contribution in [0, 0.1) is 0 Å². The van der Waals surface area contributed by atoms with Gasteiger partial charge in [-0.3, -0.25) is 0 Å². The predicted octanol–water partition coefficient (Wildman–Crippen LogP) is 2.07. The van der Waals surface area contributed by atoms with Crippen LogP contribution in [0.5, 0.6) is 0 Å². The normalized spacial score (nSPS) is 22.2. The van der Waals surface area contributed by atoms with Gasteiger partial charge in [-0.15, -0.1) is 11.8 Å². The zero-order chi connectivity index (χ0) is 9.80. The molecule has 0 saturated carbocycles. The van der Waals surface area contributed by atoms with E-state index in [1.54, 1.807) is 11.8 Å². The van der Waals surface area contributed by atoms with Crippen molar-refractivity contribution < 1.29 is 4.74 Å². The van der Waals surface area contributed by atoms with Crippen LogP contribution >= 0.6 is 11.8 Å². The first-order chi connectivity index (χ1) is 6.90. The van der Waals surface area contributed by atoms with Gasteiger partial charge >= 0.3 is 0 Å². The molecule has 1 fully saturated rings. The summed E-state index contributed by atoms with van der Waals surface area (Å²) < 4.78 is 5.67. The molecular formula is C11H15NOS. The molecule has 0 radical (unpaired) electrons. The molecule has 2 rings (SSSR count). The lowest BCUT2D eigenvalue weighted by atomic mass is 10.1. The Morgan fingerprint density at radius 2 is 2.14 bits per heavy atom. The first-order valence-electron chi connectivity index (χ1n) is 4.86. The monoisotopic (exact) mass is 209 g/mol. The number of morpholine rings is 1. The maximum absolute atomic E-state index is 5.67. The number of rotatable bonds is 2. The number of thioether (sulfide) groups is 1. The third-order valence-electron chi connectivity index (χ3n) is 2.42. The molecule has 1 aliphatic heterocycles. The number of hydrogen-bond donors (Lipinski definition) is 1. The molecule has 0 bridgehead atoms. The second kappa shape index (κ2) is 4.82. The summed E-state index contributed by atoms with van der Waals surface area (Å²) >= 11 is 1.77. The highest BCUT2D eigenvalue weighted by atomic mass is 32.2. The van der Waals surface area contributed by atoms with Gasteiger partial charge in [-0.05, 0) is 24.0 Å². The minimum absolute atomic E-state index is 0.236. The van der Waals surface area contributed by atoms with E-state index >= 15 is 0 Å². The number of ether oxygens (including phenoxy) is 1. The summed E-state index contributed by atoms with van der Waals surface area (Å²) in [5.74, 6) is 0. The fourth-order valence-electron chi connectivity index (χ4n) is 1.60. The van der Waals surface area contributed by atoms with Crippen molar-refractivity contribution in [1.82, 2.24) is 5.32 Å². The van der Waals surface area contributed by atoms with Gasteiger partial charge in [-0.1, -0.05) is 12.1 Å². The number of nitrogens with one attached hydrogen (secondary N) is 1. The molecule has 14 heavy (non-hydrogen) atoms. The van der Waals surface area contributed by atoms with Gasteiger partial charge in [-0.25, -0.2) is 0 Å². The molecule has 1 aliphatic rings. The summed E-state index contributed by atoms with van der Waals surface area (Å²) in [6.07, 6.45) is 2.33. The summed E-state index contributed by atoms with van der Waals surface area (Å²) in [4.78, 5) is 1.30. The van der Waals surface area contributed by atoms with E-state index in [1.807, 2.05) is 0 Å². The first-order valence-corrected chi connectivity index (χ1v) is 6.09. The Morgan fingerprint density at radius 1 is 1.36 bits per heavy atom. The van der Waals surface area contributed by atoms with E-state index in [9.17, 15) is 0 Å². The minimum Gasteiger partial charge on any atom is -0.371 e. The van der Waals surface area contributed by atoms with Gasteiger partial charge in [0.15, 0.2) is 0 Å². The van der Waals surface area contributed by atoms with Crippen LogP contribution in [0.3, 0.4) is 0 Å². The van der Waals surface area contributed by atoms with Gasteiger partial charge in [0.25, 0.3) is 0 Å². The number of benzene rings is 1. The summed E-state index contributed by atoms with van der Waals surface area (Å²) in [7, 11) is 0. The molecule has 0 amide bonds. The molecule has 0 aromatic heterocycles. The summed E-state index contributed by atoms with van der Waals surface area (Å²) in [6, 6.07) is 8.61. The molecule has 1 N–H and O–H groups in total. The van der Waals surface area contributed by atoms with Crippen molar-refractivity contribution in [2.45, 2.75) is 11.0 Å². The van der Waals surface area contributed by atoms with Crippen LogP contribution < -0.4 is 5.32 Å². The van der Waals surface area contributed by atoms with E-state index in [2.05, 4.69) is 35.8 Å². The van der Waals surface area contributed by atoms with Gasteiger partial charge in [0.05, 0.1) is 12.7 Å². The molecule has 1 aromatic carbocycles. The Balaban J connectivity index is 2.07. The van der Waals surface area contributed by atoms with E-state index in [0.29, 0.717) is 0 Å². The first kappa shape index (κ1) is 10.0. The molecule has 1 unspecified atom stereocenters. The van der Waals surface area contributed by atoms with Crippen molar-refractivity contribution in [1.29, 1.82) is 0 Å². The van der Waals surface area contributed by atoms with E-state index in [1.165, 1.54) is 10.5 Å². The van der Waals surface area contributed by atoms with Crippen LogP contribution in [0.4, 0.5) is 0 Å². The lowest BCUT2D eigenvalue weighted by Gasteiger charge is -2.23. The SMILES string of the molecule is CSc1ccc(C2CNCCO2)cc1. The van der Waals surface area contributed by atoms with E-state index < -0.39 is 0 Å². The molecule has 76 valence electrons. The molecular weight excluding hydrogens is 194 g/mol. The lowest BCUT2D eigenvalue weighted by molar-refractivity contribution is 0.0277. The highest BCUT2D eigenvalue weighted by Gasteiger charge is 2.14. The molecule has 0 aliphatic carbocycles. The van der Waals surface area contributed by atoms with E-state index in [0.717, 1.165) is 19.7 Å². The van der Waals surface area contributed by atoms with Gasteiger partial charge in [0, 0.05) is 18.0 Å². The molecule has 1 aromatic rings. The lowest BCUT2D eigenvalue weighted by Crippen LogP contribution is -2.33. The smallest absolute Gasteiger partial charge is 0.0949 e. The third kappa shape index (κ3) is 2.29. The van der Waals surface area contributed by atoms with Gasteiger partial charge in [-0.2, -0.15) is 0 Å². The maximum atomic E-state index is 5.67. The Morgan fingerprint density at radius 3 is 2.71 bits per heavy atom. The van der Waals surface area contributed by atoms with Crippen LogP contribution in [0.1, 0.15) is 11.7 Å². The zero-order valence-electron chi connectivity index (χ0n) is 8.32. The highest BCUT2D eigenvalue weighted by molar-refractivity contribution is 7.98. The Labute approximate surface area is 89.0 Å². The summed E-state index contributed by atoms with van der Waals surface area (Å²) in [5.41, 5.74) is 1.27. The topological polar surface area (TPSA) is 21.3 Å². The van der Waals surface area contributed by atoms with Crippen molar-refractivity contribution in [2.75, 3.05) is 26.0 Å². The van der Waals surface area contributed by atoms with Crippen molar-refractivity contribution in [3.05, 3.63) is 29.8 Å². The molecule has 3 heteroatoms. The van der Waals surface area contributed by atoms with Crippen LogP contribution in [-0.4, -0.2) is 26.0 Å². The molecule has 1 heterocycles. The van der Waals surface area contributed by atoms with Gasteiger partial charge in [0.2, 0.25) is 0 Å². The van der Waals surface area contributed by atoms with Gasteiger partial charge < -0.3 is 10.1 Å². The van der Waals surface area contributed by atoms with Crippen LogP contribution in [-0.2, 0) is 4.74 Å². The molecule has 2 nitrogen and oxygen atoms in total. The Hall–Kier alpha value is -0.510. The quantitative estimate of drug-likeness (QED) is 0.753. The molecule has 0 spiro atoms. The van der Waals surface area contributed by atoms with Crippen molar-refractivity contribution >= 4 is 11.8 Å². The Bertz CT molecular complexity index is 280. The molecule has 1 atom stereocenters. The fraction of sp³-hybridized carbons (Fsp3) is 0.455. The standard InChI is InChI=1S/C11H15NOS/c1-14-10-4-2-9(3-5-10)11-8-12-6-7-13-11/h2-5,11-12H,6-8H2,1H3. The average molecular weight is 209 g/mol. The zero-order valence-corrected chi connectivity index (χ0v) is 9.14. The van der Waals surface area contributed by atoms with Crippen molar-refractivity contribution in [3.8, 4) is 0 Å². The number of hydrogen-bond acceptors (Lipinski definition) is 3. The minimum atomic E-state index is 0.236. The summed E-state index contributed by atoms with van der Waals surface area (Å²) in [6.45, 7) is 2.72.